The van der Waals surface area contributed by atoms with Gasteiger partial charge in [-0.25, -0.2) is 9.59 Å². The lowest BCUT2D eigenvalue weighted by Gasteiger charge is -2.20. The van der Waals surface area contributed by atoms with E-state index in [9.17, 15) is 19.5 Å². The van der Waals surface area contributed by atoms with Crippen molar-refractivity contribution in [2.45, 2.75) is 31.3 Å². The molecule has 1 amide bonds. The number of carbonyl (C=O) groups is 2. The number of fused-ring (bicyclic) bond motifs is 1. The lowest BCUT2D eigenvalue weighted by atomic mass is 10.1. The SMILES string of the molecule is CN(C)n1cc(C(=O)O)c(=O)c2cc(SCCNC(=O)OC(C)(C)C)ccc21. The Morgan fingerprint density at radius 3 is 2.54 bits per heavy atom. The number of pyridine rings is 1. The number of nitrogens with one attached hydrogen (secondary N) is 1. The van der Waals surface area contributed by atoms with Crippen molar-refractivity contribution >= 4 is 34.7 Å². The number of hydrogen-bond donors (Lipinski definition) is 2. The second kappa shape index (κ2) is 8.55. The summed E-state index contributed by atoms with van der Waals surface area (Å²) in [5, 5.41) is 14.0. The summed E-state index contributed by atoms with van der Waals surface area (Å²) in [6.07, 6.45) is 0.844. The van der Waals surface area contributed by atoms with Gasteiger partial charge in [0.05, 0.1) is 5.52 Å². The number of hydrogen-bond acceptors (Lipinski definition) is 6. The van der Waals surface area contributed by atoms with Crippen molar-refractivity contribution in [3.05, 3.63) is 40.2 Å². The fourth-order valence-corrected chi connectivity index (χ4v) is 3.31. The van der Waals surface area contributed by atoms with Gasteiger partial charge < -0.3 is 20.2 Å². The average Bonchev–Trinajstić information content (AvgIpc) is 2.57. The second-order valence-electron chi connectivity index (χ2n) is 7.32. The van der Waals surface area contributed by atoms with Crippen LogP contribution in [0.25, 0.3) is 10.9 Å². The van der Waals surface area contributed by atoms with Crippen LogP contribution in [0, 0.1) is 0 Å². The third-order valence-corrected chi connectivity index (χ3v) is 4.65. The zero-order valence-electron chi connectivity index (χ0n) is 16.6. The maximum Gasteiger partial charge on any atom is 0.407 e. The molecule has 0 saturated carbocycles. The van der Waals surface area contributed by atoms with Gasteiger partial charge in [-0.1, -0.05) is 0 Å². The van der Waals surface area contributed by atoms with Crippen molar-refractivity contribution in [3.8, 4) is 0 Å². The normalized spacial score (nSPS) is 11.3. The number of ether oxygens (including phenoxy) is 1. The molecule has 152 valence electrons. The molecule has 0 saturated heterocycles. The molecule has 0 spiro atoms. The maximum absolute atomic E-state index is 12.6. The molecular formula is C19H25N3O5S. The Balaban J connectivity index is 2.17. The Hall–Kier alpha value is -2.68. The lowest BCUT2D eigenvalue weighted by Crippen LogP contribution is -2.33. The van der Waals surface area contributed by atoms with E-state index in [1.165, 1.54) is 18.0 Å². The first-order valence-corrected chi connectivity index (χ1v) is 9.68. The van der Waals surface area contributed by atoms with Crippen LogP contribution in [-0.4, -0.2) is 53.8 Å². The minimum atomic E-state index is -1.26. The molecule has 0 aliphatic carbocycles. The summed E-state index contributed by atoms with van der Waals surface area (Å²) in [5.74, 6) is -0.687. The average molecular weight is 407 g/mol. The summed E-state index contributed by atoms with van der Waals surface area (Å²) >= 11 is 1.45. The molecule has 0 atom stereocenters. The first kappa shape index (κ1) is 21.6. The van der Waals surface area contributed by atoms with Gasteiger partial charge in [0.1, 0.15) is 11.2 Å². The topological polar surface area (TPSA) is 101 Å². The van der Waals surface area contributed by atoms with Crippen LogP contribution in [0.2, 0.25) is 0 Å². The quantitative estimate of drug-likeness (QED) is 0.560. The summed E-state index contributed by atoms with van der Waals surface area (Å²) in [6.45, 7) is 5.78. The van der Waals surface area contributed by atoms with Crippen LogP contribution in [-0.2, 0) is 4.74 Å². The largest absolute Gasteiger partial charge is 0.477 e. The molecule has 9 heteroatoms. The highest BCUT2D eigenvalue weighted by Gasteiger charge is 2.17. The first-order chi connectivity index (χ1) is 13.0. The van der Waals surface area contributed by atoms with Gasteiger partial charge in [-0.15, -0.1) is 11.8 Å². The summed E-state index contributed by atoms with van der Waals surface area (Å²) in [7, 11) is 3.53. The van der Waals surface area contributed by atoms with Crippen molar-refractivity contribution in [3.63, 3.8) is 0 Å². The standard InChI is InChI=1S/C19H25N3O5S/c1-19(2,3)27-18(26)20-8-9-28-12-6-7-15-13(10-12)16(23)14(17(24)25)11-22(15)21(4)5/h6-7,10-11H,8-9H2,1-5H3,(H,20,26)(H,24,25). The fraction of sp³-hybridized carbons (Fsp3) is 0.421. The van der Waals surface area contributed by atoms with Crippen LogP contribution >= 0.6 is 11.8 Å². The molecule has 0 radical (unpaired) electrons. The number of amides is 1. The molecular weight excluding hydrogens is 382 g/mol. The molecule has 0 unspecified atom stereocenters. The molecule has 1 aromatic carbocycles. The van der Waals surface area contributed by atoms with Crippen molar-refractivity contribution < 1.29 is 19.4 Å². The number of aromatic carboxylic acids is 1. The molecule has 2 rings (SSSR count). The van der Waals surface area contributed by atoms with Gasteiger partial charge in [-0.2, -0.15) is 0 Å². The number of carboxylic acid groups (broad SMARTS) is 1. The number of aromatic nitrogens is 1. The van der Waals surface area contributed by atoms with E-state index in [4.69, 9.17) is 4.74 Å². The molecule has 0 aliphatic rings. The second-order valence-corrected chi connectivity index (χ2v) is 8.49. The first-order valence-electron chi connectivity index (χ1n) is 8.69. The highest BCUT2D eigenvalue weighted by Crippen LogP contribution is 2.22. The summed E-state index contributed by atoms with van der Waals surface area (Å²) in [6, 6.07) is 5.33. The number of alkyl carbamates (subject to hydrolysis) is 1. The number of carboxylic acids is 1. The number of nitrogens with zero attached hydrogens (tertiary/aromatic N) is 2. The van der Waals surface area contributed by atoms with E-state index in [2.05, 4.69) is 5.32 Å². The summed E-state index contributed by atoms with van der Waals surface area (Å²) < 4.78 is 6.79. The fourth-order valence-electron chi connectivity index (χ4n) is 2.50. The van der Waals surface area contributed by atoms with Gasteiger partial charge in [0.25, 0.3) is 0 Å². The molecule has 0 aliphatic heterocycles. The van der Waals surface area contributed by atoms with Crippen LogP contribution in [0.5, 0.6) is 0 Å². The molecule has 0 fully saturated rings. The van der Waals surface area contributed by atoms with Gasteiger partial charge in [0.2, 0.25) is 5.43 Å². The number of thioether (sulfide) groups is 1. The minimum Gasteiger partial charge on any atom is -0.477 e. The number of carbonyl (C=O) groups excluding carboxylic acids is 1. The van der Waals surface area contributed by atoms with E-state index < -0.39 is 23.1 Å². The van der Waals surface area contributed by atoms with Crippen LogP contribution in [0.15, 0.2) is 34.1 Å². The Bertz CT molecular complexity index is 947. The number of rotatable bonds is 6. The van der Waals surface area contributed by atoms with Crippen LogP contribution in [0.3, 0.4) is 0 Å². The molecule has 2 aromatic rings. The van der Waals surface area contributed by atoms with Crippen LogP contribution < -0.4 is 15.8 Å². The van der Waals surface area contributed by atoms with E-state index in [0.29, 0.717) is 23.2 Å². The Kier molecular flexibility index (Phi) is 6.60. The van der Waals surface area contributed by atoms with E-state index in [1.807, 2.05) is 6.07 Å². The number of benzene rings is 1. The van der Waals surface area contributed by atoms with Gasteiger partial charge in [0.15, 0.2) is 0 Å². The van der Waals surface area contributed by atoms with Crippen molar-refractivity contribution in [2.24, 2.45) is 0 Å². The maximum atomic E-state index is 12.6. The lowest BCUT2D eigenvalue weighted by molar-refractivity contribution is 0.0530. The molecule has 28 heavy (non-hydrogen) atoms. The Labute approximate surface area is 167 Å². The highest BCUT2D eigenvalue weighted by atomic mass is 32.2. The predicted octanol–water partition coefficient (Wildman–Crippen LogP) is 2.51. The zero-order chi connectivity index (χ0) is 21.1. The summed E-state index contributed by atoms with van der Waals surface area (Å²) in [5.41, 5.74) is -0.731. The van der Waals surface area contributed by atoms with Gasteiger partial charge >= 0.3 is 12.1 Å². The van der Waals surface area contributed by atoms with Crippen LogP contribution in [0.4, 0.5) is 4.79 Å². The van der Waals surface area contributed by atoms with Crippen molar-refractivity contribution in [2.75, 3.05) is 31.4 Å². The third-order valence-electron chi connectivity index (χ3n) is 3.66. The third kappa shape index (κ3) is 5.41. The van der Waals surface area contributed by atoms with Gasteiger partial charge in [0, 0.05) is 42.9 Å². The molecule has 8 nitrogen and oxygen atoms in total. The highest BCUT2D eigenvalue weighted by molar-refractivity contribution is 7.99. The van der Waals surface area contributed by atoms with E-state index in [1.54, 1.807) is 56.7 Å². The van der Waals surface area contributed by atoms with E-state index in [0.717, 1.165) is 4.90 Å². The smallest absolute Gasteiger partial charge is 0.407 e. The predicted molar refractivity (Wildman–Crippen MR) is 110 cm³/mol. The van der Waals surface area contributed by atoms with Crippen molar-refractivity contribution in [1.29, 1.82) is 0 Å². The van der Waals surface area contributed by atoms with Crippen LogP contribution in [0.1, 0.15) is 31.1 Å². The monoisotopic (exact) mass is 407 g/mol. The molecule has 1 aromatic heterocycles. The molecule has 1 heterocycles. The minimum absolute atomic E-state index is 0.282. The molecule has 2 N–H and O–H groups in total. The summed E-state index contributed by atoms with van der Waals surface area (Å²) in [4.78, 5) is 36.4. The van der Waals surface area contributed by atoms with E-state index in [-0.39, 0.29) is 5.56 Å². The Morgan fingerprint density at radius 2 is 1.96 bits per heavy atom. The van der Waals surface area contributed by atoms with Crippen molar-refractivity contribution in [1.82, 2.24) is 9.99 Å². The molecule has 0 bridgehead atoms. The van der Waals surface area contributed by atoms with Gasteiger partial charge in [-0.05, 0) is 39.0 Å². The van der Waals surface area contributed by atoms with E-state index >= 15 is 0 Å². The zero-order valence-corrected chi connectivity index (χ0v) is 17.4. The Morgan fingerprint density at radius 1 is 1.29 bits per heavy atom. The van der Waals surface area contributed by atoms with Gasteiger partial charge in [-0.3, -0.25) is 9.47 Å².